The summed E-state index contributed by atoms with van der Waals surface area (Å²) in [6, 6.07) is 9.32. The Balaban J connectivity index is 1.87. The van der Waals surface area contributed by atoms with Crippen LogP contribution in [0.1, 0.15) is 69.5 Å². The van der Waals surface area contributed by atoms with Crippen LogP contribution in [0.3, 0.4) is 0 Å². The monoisotopic (exact) mass is 289 g/mol. The standard InChI is InChI=1S/C19H31NO/c1-4-20-19(14-21-13-16-7-5-6-8-16)18-11-9-17(10-12-18)15(2)3/h9-12,15-16,19-20H,4-8,13-14H2,1-3H3. The third kappa shape index (κ3) is 5.12. The van der Waals surface area contributed by atoms with Gasteiger partial charge in [-0.1, -0.05) is 57.9 Å². The molecule has 2 heteroatoms. The van der Waals surface area contributed by atoms with Crippen molar-refractivity contribution in [3.8, 4) is 0 Å². The Kier molecular flexibility index (Phi) is 6.72. The van der Waals surface area contributed by atoms with Crippen LogP contribution in [0, 0.1) is 5.92 Å². The number of benzene rings is 1. The molecule has 118 valence electrons. The molecule has 0 aliphatic heterocycles. The van der Waals surface area contributed by atoms with Crippen molar-refractivity contribution in [2.45, 2.75) is 58.4 Å². The van der Waals surface area contributed by atoms with E-state index >= 15 is 0 Å². The van der Waals surface area contributed by atoms with E-state index in [2.05, 4.69) is 50.4 Å². The molecule has 0 amide bonds. The van der Waals surface area contributed by atoms with Gasteiger partial charge >= 0.3 is 0 Å². The topological polar surface area (TPSA) is 21.3 Å². The molecule has 1 atom stereocenters. The Bertz CT molecular complexity index is 393. The maximum absolute atomic E-state index is 6.00. The van der Waals surface area contributed by atoms with Gasteiger partial charge in [0.15, 0.2) is 0 Å². The first-order chi connectivity index (χ1) is 10.2. The van der Waals surface area contributed by atoms with Crippen molar-refractivity contribution in [3.05, 3.63) is 35.4 Å². The minimum atomic E-state index is 0.317. The van der Waals surface area contributed by atoms with Crippen molar-refractivity contribution in [2.75, 3.05) is 19.8 Å². The van der Waals surface area contributed by atoms with E-state index in [-0.39, 0.29) is 0 Å². The average Bonchev–Trinajstić information content (AvgIpc) is 3.00. The summed E-state index contributed by atoms with van der Waals surface area (Å²) in [7, 11) is 0. The lowest BCUT2D eigenvalue weighted by Gasteiger charge is -2.20. The minimum Gasteiger partial charge on any atom is -0.379 e. The van der Waals surface area contributed by atoms with Crippen molar-refractivity contribution in [2.24, 2.45) is 5.92 Å². The van der Waals surface area contributed by atoms with E-state index < -0.39 is 0 Å². The van der Waals surface area contributed by atoms with Gasteiger partial charge in [-0.2, -0.15) is 0 Å². The van der Waals surface area contributed by atoms with Gasteiger partial charge in [-0.15, -0.1) is 0 Å². The molecule has 0 spiro atoms. The molecule has 0 heterocycles. The van der Waals surface area contributed by atoms with Crippen LogP contribution in [-0.2, 0) is 4.74 Å². The predicted octanol–water partition coefficient (Wildman–Crippen LogP) is 4.67. The van der Waals surface area contributed by atoms with Crippen molar-refractivity contribution in [1.29, 1.82) is 0 Å². The molecule has 0 aromatic heterocycles. The van der Waals surface area contributed by atoms with Gasteiger partial charge < -0.3 is 10.1 Å². The number of hydrogen-bond acceptors (Lipinski definition) is 2. The maximum Gasteiger partial charge on any atom is 0.0661 e. The van der Waals surface area contributed by atoms with E-state index in [0.717, 1.165) is 25.7 Å². The van der Waals surface area contributed by atoms with Gasteiger partial charge in [0.05, 0.1) is 12.6 Å². The van der Waals surface area contributed by atoms with Crippen LogP contribution in [0.2, 0.25) is 0 Å². The normalized spacial score (nSPS) is 17.5. The van der Waals surface area contributed by atoms with Gasteiger partial charge in [0.2, 0.25) is 0 Å². The van der Waals surface area contributed by atoms with Crippen LogP contribution in [0.15, 0.2) is 24.3 Å². The molecular formula is C19H31NO. The van der Waals surface area contributed by atoms with E-state index in [9.17, 15) is 0 Å². The Morgan fingerprint density at radius 2 is 1.71 bits per heavy atom. The second kappa shape index (κ2) is 8.55. The van der Waals surface area contributed by atoms with E-state index in [1.165, 1.54) is 36.8 Å². The Labute approximate surface area is 130 Å². The highest BCUT2D eigenvalue weighted by molar-refractivity contribution is 5.27. The summed E-state index contributed by atoms with van der Waals surface area (Å²) in [5.41, 5.74) is 2.74. The Morgan fingerprint density at radius 3 is 2.29 bits per heavy atom. The quantitative estimate of drug-likeness (QED) is 0.751. The smallest absolute Gasteiger partial charge is 0.0661 e. The highest BCUT2D eigenvalue weighted by atomic mass is 16.5. The van der Waals surface area contributed by atoms with Gasteiger partial charge in [-0.05, 0) is 42.3 Å². The zero-order valence-electron chi connectivity index (χ0n) is 13.9. The molecule has 1 aliphatic rings. The molecule has 1 fully saturated rings. The molecule has 21 heavy (non-hydrogen) atoms. The fraction of sp³-hybridized carbons (Fsp3) is 0.684. The lowest BCUT2D eigenvalue weighted by molar-refractivity contribution is 0.0831. The molecule has 1 unspecified atom stereocenters. The van der Waals surface area contributed by atoms with E-state index in [4.69, 9.17) is 4.74 Å². The maximum atomic E-state index is 6.00. The van der Waals surface area contributed by atoms with Crippen molar-refractivity contribution >= 4 is 0 Å². The Hall–Kier alpha value is -0.860. The second-order valence-electron chi connectivity index (χ2n) is 6.62. The van der Waals surface area contributed by atoms with Gasteiger partial charge in [0.25, 0.3) is 0 Å². The second-order valence-corrected chi connectivity index (χ2v) is 6.62. The number of nitrogens with one attached hydrogen (secondary N) is 1. The molecule has 0 saturated heterocycles. The molecule has 0 radical (unpaired) electrons. The first kappa shape index (κ1) is 16.5. The highest BCUT2D eigenvalue weighted by Crippen LogP contribution is 2.25. The predicted molar refractivity (Wildman–Crippen MR) is 89.7 cm³/mol. The summed E-state index contributed by atoms with van der Waals surface area (Å²) in [4.78, 5) is 0. The largest absolute Gasteiger partial charge is 0.379 e. The first-order valence-electron chi connectivity index (χ1n) is 8.61. The number of hydrogen-bond donors (Lipinski definition) is 1. The van der Waals surface area contributed by atoms with Crippen LogP contribution in [0.5, 0.6) is 0 Å². The van der Waals surface area contributed by atoms with E-state index in [1.807, 2.05) is 0 Å². The van der Waals surface area contributed by atoms with Crippen molar-refractivity contribution in [1.82, 2.24) is 5.32 Å². The third-order valence-electron chi connectivity index (χ3n) is 4.57. The average molecular weight is 289 g/mol. The summed E-state index contributed by atoms with van der Waals surface area (Å²) in [6.07, 6.45) is 5.49. The lowest BCUT2D eigenvalue weighted by atomic mass is 9.99. The van der Waals surface area contributed by atoms with Gasteiger partial charge in [-0.3, -0.25) is 0 Å². The molecule has 1 N–H and O–H groups in total. The molecule has 1 aromatic carbocycles. The summed E-state index contributed by atoms with van der Waals surface area (Å²) in [5.74, 6) is 1.39. The molecule has 0 bridgehead atoms. The van der Waals surface area contributed by atoms with Crippen LogP contribution < -0.4 is 5.32 Å². The van der Waals surface area contributed by atoms with Crippen LogP contribution >= 0.6 is 0 Å². The summed E-state index contributed by atoms with van der Waals surface area (Å²) in [6.45, 7) is 9.33. The molecule has 1 aliphatic carbocycles. The number of rotatable bonds is 8. The van der Waals surface area contributed by atoms with Crippen molar-refractivity contribution < 1.29 is 4.74 Å². The molecule has 1 aromatic rings. The van der Waals surface area contributed by atoms with E-state index in [1.54, 1.807) is 0 Å². The van der Waals surface area contributed by atoms with Crippen LogP contribution in [0.4, 0.5) is 0 Å². The van der Waals surface area contributed by atoms with Gasteiger partial charge in [0, 0.05) is 6.61 Å². The molecule has 2 nitrogen and oxygen atoms in total. The first-order valence-corrected chi connectivity index (χ1v) is 8.61. The summed E-state index contributed by atoms with van der Waals surface area (Å²) >= 11 is 0. The van der Waals surface area contributed by atoms with Crippen LogP contribution in [0.25, 0.3) is 0 Å². The minimum absolute atomic E-state index is 0.317. The van der Waals surface area contributed by atoms with Crippen LogP contribution in [-0.4, -0.2) is 19.8 Å². The number of ether oxygens (including phenoxy) is 1. The third-order valence-corrected chi connectivity index (χ3v) is 4.57. The van der Waals surface area contributed by atoms with Crippen molar-refractivity contribution in [3.63, 3.8) is 0 Å². The Morgan fingerprint density at radius 1 is 1.10 bits per heavy atom. The summed E-state index contributed by atoms with van der Waals surface area (Å²) < 4.78 is 6.00. The molecular weight excluding hydrogens is 258 g/mol. The molecule has 1 saturated carbocycles. The summed E-state index contributed by atoms with van der Waals surface area (Å²) in [5, 5.41) is 3.55. The molecule has 2 rings (SSSR count). The number of likely N-dealkylation sites (N-methyl/N-ethyl adjacent to an activating group) is 1. The SMILES string of the molecule is CCNC(COCC1CCCC1)c1ccc(C(C)C)cc1. The fourth-order valence-electron chi connectivity index (χ4n) is 3.16. The zero-order valence-corrected chi connectivity index (χ0v) is 13.9. The van der Waals surface area contributed by atoms with Gasteiger partial charge in [-0.25, -0.2) is 0 Å². The lowest BCUT2D eigenvalue weighted by Crippen LogP contribution is -2.26. The van der Waals surface area contributed by atoms with E-state index in [0.29, 0.717) is 12.0 Å². The fourth-order valence-corrected chi connectivity index (χ4v) is 3.16. The van der Waals surface area contributed by atoms with Gasteiger partial charge in [0.1, 0.15) is 0 Å². The highest BCUT2D eigenvalue weighted by Gasteiger charge is 2.16. The zero-order chi connectivity index (χ0) is 15.1.